The van der Waals surface area contributed by atoms with Crippen molar-refractivity contribution < 1.29 is 0 Å². The minimum absolute atomic E-state index is 0.672. The fourth-order valence-corrected chi connectivity index (χ4v) is 2.06. The SMILES string of the molecule is Cc1ccccc1NC(=S)NCCc1ccccc1. The van der Waals surface area contributed by atoms with E-state index in [0.717, 1.165) is 18.7 Å². The highest BCUT2D eigenvalue weighted by Gasteiger charge is 1.99. The first-order valence-corrected chi connectivity index (χ1v) is 6.81. The molecule has 98 valence electrons. The average Bonchev–Trinajstić information content (AvgIpc) is 2.43. The van der Waals surface area contributed by atoms with Crippen LogP contribution in [0.25, 0.3) is 0 Å². The molecule has 0 spiro atoms. The lowest BCUT2D eigenvalue weighted by Gasteiger charge is -2.12. The van der Waals surface area contributed by atoms with Gasteiger partial charge in [0.05, 0.1) is 0 Å². The lowest BCUT2D eigenvalue weighted by Crippen LogP contribution is -2.30. The van der Waals surface area contributed by atoms with Crippen molar-refractivity contribution in [2.45, 2.75) is 13.3 Å². The zero-order chi connectivity index (χ0) is 13.5. The maximum Gasteiger partial charge on any atom is 0.170 e. The Kier molecular flexibility index (Phi) is 4.93. The summed E-state index contributed by atoms with van der Waals surface area (Å²) in [6.45, 7) is 2.90. The van der Waals surface area contributed by atoms with Gasteiger partial charge in [0.1, 0.15) is 0 Å². The second-order valence-corrected chi connectivity index (χ2v) is 4.84. The van der Waals surface area contributed by atoms with Crippen LogP contribution in [-0.2, 0) is 6.42 Å². The summed E-state index contributed by atoms with van der Waals surface area (Å²) in [6, 6.07) is 18.5. The van der Waals surface area contributed by atoms with Crippen molar-refractivity contribution in [2.24, 2.45) is 0 Å². The number of hydrogen-bond donors (Lipinski definition) is 2. The van der Waals surface area contributed by atoms with Gasteiger partial charge in [0.25, 0.3) is 0 Å². The first-order chi connectivity index (χ1) is 9.25. The van der Waals surface area contributed by atoms with Crippen LogP contribution < -0.4 is 10.6 Å². The third-order valence-electron chi connectivity index (χ3n) is 2.94. The lowest BCUT2D eigenvalue weighted by atomic mass is 10.1. The van der Waals surface area contributed by atoms with Gasteiger partial charge in [-0.1, -0.05) is 48.5 Å². The summed E-state index contributed by atoms with van der Waals surface area (Å²) in [5.41, 5.74) is 3.56. The van der Waals surface area contributed by atoms with E-state index in [9.17, 15) is 0 Å². The molecule has 0 atom stereocenters. The Morgan fingerprint density at radius 2 is 1.68 bits per heavy atom. The maximum atomic E-state index is 5.29. The van der Waals surface area contributed by atoms with Crippen LogP contribution in [0.3, 0.4) is 0 Å². The minimum atomic E-state index is 0.672. The van der Waals surface area contributed by atoms with Crippen molar-refractivity contribution in [1.82, 2.24) is 5.32 Å². The number of hydrogen-bond acceptors (Lipinski definition) is 1. The molecule has 19 heavy (non-hydrogen) atoms. The molecule has 3 heteroatoms. The molecule has 0 saturated carbocycles. The summed E-state index contributed by atoms with van der Waals surface area (Å²) in [5, 5.41) is 7.12. The van der Waals surface area contributed by atoms with Crippen LogP contribution in [0.1, 0.15) is 11.1 Å². The van der Waals surface area contributed by atoms with Gasteiger partial charge in [-0.25, -0.2) is 0 Å². The second-order valence-electron chi connectivity index (χ2n) is 4.43. The molecular formula is C16H18N2S. The summed E-state index contributed by atoms with van der Waals surface area (Å²) in [7, 11) is 0. The molecular weight excluding hydrogens is 252 g/mol. The van der Waals surface area contributed by atoms with E-state index in [0.29, 0.717) is 5.11 Å². The summed E-state index contributed by atoms with van der Waals surface area (Å²) < 4.78 is 0. The normalized spacial score (nSPS) is 9.95. The standard InChI is InChI=1S/C16H18N2S/c1-13-7-5-6-10-15(13)18-16(19)17-12-11-14-8-3-2-4-9-14/h2-10H,11-12H2,1H3,(H2,17,18,19). The van der Waals surface area contributed by atoms with Crippen molar-refractivity contribution in [3.63, 3.8) is 0 Å². The number of aryl methyl sites for hydroxylation is 1. The highest BCUT2D eigenvalue weighted by molar-refractivity contribution is 7.80. The van der Waals surface area contributed by atoms with Crippen molar-refractivity contribution in [2.75, 3.05) is 11.9 Å². The molecule has 0 unspecified atom stereocenters. The summed E-state index contributed by atoms with van der Waals surface area (Å²) in [5.74, 6) is 0. The van der Waals surface area contributed by atoms with Crippen LogP contribution in [0.5, 0.6) is 0 Å². The van der Waals surface area contributed by atoms with E-state index in [4.69, 9.17) is 12.2 Å². The number of para-hydroxylation sites is 1. The first kappa shape index (κ1) is 13.6. The van der Waals surface area contributed by atoms with Gasteiger partial charge in [-0.2, -0.15) is 0 Å². The Morgan fingerprint density at radius 3 is 2.42 bits per heavy atom. The van der Waals surface area contributed by atoms with Crippen molar-refractivity contribution >= 4 is 23.0 Å². The molecule has 0 saturated heterocycles. The van der Waals surface area contributed by atoms with Crippen LogP contribution in [0.4, 0.5) is 5.69 Å². The van der Waals surface area contributed by atoms with Crippen molar-refractivity contribution in [3.05, 3.63) is 65.7 Å². The molecule has 0 fully saturated rings. The maximum absolute atomic E-state index is 5.29. The van der Waals surface area contributed by atoms with Gasteiger partial charge in [-0.3, -0.25) is 0 Å². The quantitative estimate of drug-likeness (QED) is 0.831. The van der Waals surface area contributed by atoms with E-state index >= 15 is 0 Å². The van der Waals surface area contributed by atoms with Gasteiger partial charge in [0, 0.05) is 12.2 Å². The minimum Gasteiger partial charge on any atom is -0.362 e. The van der Waals surface area contributed by atoms with Gasteiger partial charge in [-0.05, 0) is 42.8 Å². The monoisotopic (exact) mass is 270 g/mol. The largest absolute Gasteiger partial charge is 0.362 e. The molecule has 0 aliphatic heterocycles. The number of anilines is 1. The predicted octanol–water partition coefficient (Wildman–Crippen LogP) is 3.52. The van der Waals surface area contributed by atoms with E-state index in [1.165, 1.54) is 11.1 Å². The zero-order valence-electron chi connectivity index (χ0n) is 11.0. The van der Waals surface area contributed by atoms with Gasteiger partial charge in [0.15, 0.2) is 5.11 Å². The first-order valence-electron chi connectivity index (χ1n) is 6.40. The Bertz CT molecular complexity index is 537. The van der Waals surface area contributed by atoms with E-state index < -0.39 is 0 Å². The zero-order valence-corrected chi connectivity index (χ0v) is 11.8. The molecule has 0 radical (unpaired) electrons. The molecule has 2 nitrogen and oxygen atoms in total. The molecule has 0 aromatic heterocycles. The molecule has 0 aliphatic carbocycles. The van der Waals surface area contributed by atoms with E-state index in [1.54, 1.807) is 0 Å². The van der Waals surface area contributed by atoms with Gasteiger partial charge < -0.3 is 10.6 Å². The van der Waals surface area contributed by atoms with Crippen molar-refractivity contribution in [1.29, 1.82) is 0 Å². The van der Waals surface area contributed by atoms with Crippen LogP contribution in [0.2, 0.25) is 0 Å². The molecule has 2 aromatic rings. The van der Waals surface area contributed by atoms with Crippen molar-refractivity contribution in [3.8, 4) is 0 Å². The van der Waals surface area contributed by atoms with Crippen LogP contribution in [-0.4, -0.2) is 11.7 Å². The fraction of sp³-hybridized carbons (Fsp3) is 0.188. The van der Waals surface area contributed by atoms with Crippen LogP contribution >= 0.6 is 12.2 Å². The Balaban J connectivity index is 1.78. The molecule has 2 N–H and O–H groups in total. The summed E-state index contributed by atoms with van der Waals surface area (Å²) in [4.78, 5) is 0. The molecule has 0 aliphatic rings. The number of nitrogens with one attached hydrogen (secondary N) is 2. The molecule has 0 amide bonds. The van der Waals surface area contributed by atoms with E-state index in [1.807, 2.05) is 24.3 Å². The predicted molar refractivity (Wildman–Crippen MR) is 85.5 cm³/mol. The number of benzene rings is 2. The van der Waals surface area contributed by atoms with E-state index in [2.05, 4.69) is 47.9 Å². The molecule has 2 rings (SSSR count). The molecule has 0 heterocycles. The summed E-state index contributed by atoms with van der Waals surface area (Å²) >= 11 is 5.29. The second kappa shape index (κ2) is 6.90. The Hall–Kier alpha value is -1.87. The van der Waals surface area contributed by atoms with Gasteiger partial charge in [0.2, 0.25) is 0 Å². The molecule has 2 aromatic carbocycles. The highest BCUT2D eigenvalue weighted by atomic mass is 32.1. The van der Waals surface area contributed by atoms with Crippen LogP contribution in [0, 0.1) is 6.92 Å². The van der Waals surface area contributed by atoms with Gasteiger partial charge in [-0.15, -0.1) is 0 Å². The molecule has 0 bridgehead atoms. The van der Waals surface area contributed by atoms with Crippen LogP contribution in [0.15, 0.2) is 54.6 Å². The smallest absolute Gasteiger partial charge is 0.170 e. The van der Waals surface area contributed by atoms with E-state index in [-0.39, 0.29) is 0 Å². The Morgan fingerprint density at radius 1 is 1.00 bits per heavy atom. The number of thiocarbonyl (C=S) groups is 1. The lowest BCUT2D eigenvalue weighted by molar-refractivity contribution is 0.873. The average molecular weight is 270 g/mol. The Labute approximate surface area is 119 Å². The summed E-state index contributed by atoms with van der Waals surface area (Å²) in [6.07, 6.45) is 0.969. The number of rotatable bonds is 4. The third kappa shape index (κ3) is 4.38. The fourth-order valence-electron chi connectivity index (χ4n) is 1.84. The van der Waals surface area contributed by atoms with Gasteiger partial charge >= 0.3 is 0 Å². The third-order valence-corrected chi connectivity index (χ3v) is 3.18. The highest BCUT2D eigenvalue weighted by Crippen LogP contribution is 2.12. The topological polar surface area (TPSA) is 24.1 Å².